The molecule has 128 valence electrons. The van der Waals surface area contributed by atoms with E-state index < -0.39 is 0 Å². The number of nitro benzene ring substituents is 1. The number of fused-ring (bicyclic) bond motifs is 1. The van der Waals surface area contributed by atoms with E-state index >= 15 is 0 Å². The number of para-hydroxylation sites is 1. The number of benzene rings is 2. The predicted molar refractivity (Wildman–Crippen MR) is 101 cm³/mol. The highest BCUT2D eigenvalue weighted by Crippen LogP contribution is 2.19. The van der Waals surface area contributed by atoms with Gasteiger partial charge in [0.1, 0.15) is 0 Å². The standard InChI is InChI=1S/C20H21N3O2/c1-2-12-22(15-16-7-9-18(10-8-16)23(24)25)13-11-17-14-21-20-6-4-3-5-19(17)20/h2-10,14,21H,1,11-13,15H2. The van der Waals surface area contributed by atoms with Gasteiger partial charge >= 0.3 is 0 Å². The van der Waals surface area contributed by atoms with E-state index in [1.807, 2.05) is 24.3 Å². The van der Waals surface area contributed by atoms with Crippen molar-refractivity contribution in [1.82, 2.24) is 9.88 Å². The maximum atomic E-state index is 10.8. The van der Waals surface area contributed by atoms with Gasteiger partial charge in [-0.2, -0.15) is 0 Å². The molecular weight excluding hydrogens is 314 g/mol. The van der Waals surface area contributed by atoms with Crippen molar-refractivity contribution < 1.29 is 4.92 Å². The normalized spacial score (nSPS) is 11.1. The number of non-ortho nitro benzene ring substituents is 1. The third kappa shape index (κ3) is 4.14. The molecule has 2 aromatic carbocycles. The Labute approximate surface area is 146 Å². The summed E-state index contributed by atoms with van der Waals surface area (Å²) in [6.07, 6.45) is 4.90. The lowest BCUT2D eigenvalue weighted by Crippen LogP contribution is -2.25. The average molecular weight is 335 g/mol. The van der Waals surface area contributed by atoms with Crippen molar-refractivity contribution in [3.63, 3.8) is 0 Å². The van der Waals surface area contributed by atoms with Crippen LogP contribution in [0.4, 0.5) is 5.69 Å². The van der Waals surface area contributed by atoms with E-state index in [-0.39, 0.29) is 10.6 Å². The van der Waals surface area contributed by atoms with Crippen molar-refractivity contribution in [3.05, 3.63) is 88.6 Å². The zero-order valence-electron chi connectivity index (χ0n) is 14.0. The fraction of sp³-hybridized carbons (Fsp3) is 0.200. The molecule has 25 heavy (non-hydrogen) atoms. The Morgan fingerprint density at radius 1 is 1.16 bits per heavy atom. The minimum Gasteiger partial charge on any atom is -0.361 e. The first-order chi connectivity index (χ1) is 12.2. The smallest absolute Gasteiger partial charge is 0.269 e. The van der Waals surface area contributed by atoms with Crippen LogP contribution in [-0.2, 0) is 13.0 Å². The fourth-order valence-corrected chi connectivity index (χ4v) is 3.02. The van der Waals surface area contributed by atoms with E-state index in [0.717, 1.165) is 37.1 Å². The van der Waals surface area contributed by atoms with Crippen molar-refractivity contribution in [2.45, 2.75) is 13.0 Å². The Morgan fingerprint density at radius 2 is 1.92 bits per heavy atom. The molecule has 0 saturated heterocycles. The van der Waals surface area contributed by atoms with Crippen LogP contribution in [0.25, 0.3) is 10.9 Å². The van der Waals surface area contributed by atoms with Crippen LogP contribution in [0.5, 0.6) is 0 Å². The number of nitrogens with zero attached hydrogens (tertiary/aromatic N) is 2. The molecule has 0 radical (unpaired) electrons. The van der Waals surface area contributed by atoms with E-state index in [0.29, 0.717) is 0 Å². The number of aromatic amines is 1. The second-order valence-corrected chi connectivity index (χ2v) is 6.06. The van der Waals surface area contributed by atoms with Gasteiger partial charge in [-0.3, -0.25) is 15.0 Å². The molecular formula is C20H21N3O2. The Bertz CT molecular complexity index is 868. The van der Waals surface area contributed by atoms with Crippen LogP contribution in [0.3, 0.4) is 0 Å². The van der Waals surface area contributed by atoms with E-state index in [1.165, 1.54) is 10.9 Å². The second kappa shape index (κ2) is 7.77. The van der Waals surface area contributed by atoms with Gasteiger partial charge in [-0.1, -0.05) is 36.4 Å². The third-order valence-electron chi connectivity index (χ3n) is 4.31. The van der Waals surface area contributed by atoms with E-state index in [2.05, 4.69) is 40.9 Å². The van der Waals surface area contributed by atoms with Crippen molar-refractivity contribution in [1.29, 1.82) is 0 Å². The fourth-order valence-electron chi connectivity index (χ4n) is 3.02. The molecule has 1 aromatic heterocycles. The summed E-state index contributed by atoms with van der Waals surface area (Å²) in [7, 11) is 0. The SMILES string of the molecule is C=CCN(CCc1c[nH]c2ccccc12)Cc1ccc([N+](=O)[O-])cc1. The van der Waals surface area contributed by atoms with E-state index in [4.69, 9.17) is 0 Å². The van der Waals surface area contributed by atoms with Gasteiger partial charge in [0.15, 0.2) is 0 Å². The summed E-state index contributed by atoms with van der Waals surface area (Å²) in [6.45, 7) is 6.25. The summed E-state index contributed by atoms with van der Waals surface area (Å²) >= 11 is 0. The molecule has 0 atom stereocenters. The van der Waals surface area contributed by atoms with Gasteiger partial charge in [0, 0.05) is 48.9 Å². The van der Waals surface area contributed by atoms with Crippen LogP contribution in [0.1, 0.15) is 11.1 Å². The predicted octanol–water partition coefficient (Wildman–Crippen LogP) is 4.31. The van der Waals surface area contributed by atoms with Gasteiger partial charge in [0.25, 0.3) is 5.69 Å². The molecule has 0 aliphatic heterocycles. The van der Waals surface area contributed by atoms with Gasteiger partial charge in [0.2, 0.25) is 0 Å². The number of rotatable bonds is 8. The van der Waals surface area contributed by atoms with Crippen LogP contribution < -0.4 is 0 Å². The molecule has 0 amide bonds. The van der Waals surface area contributed by atoms with Crippen LogP contribution in [0, 0.1) is 10.1 Å². The Morgan fingerprint density at radius 3 is 2.64 bits per heavy atom. The van der Waals surface area contributed by atoms with Gasteiger partial charge in [-0.05, 0) is 23.6 Å². The highest BCUT2D eigenvalue weighted by Gasteiger charge is 2.09. The highest BCUT2D eigenvalue weighted by atomic mass is 16.6. The second-order valence-electron chi connectivity index (χ2n) is 6.06. The number of nitro groups is 1. The number of nitrogens with one attached hydrogen (secondary N) is 1. The average Bonchev–Trinajstić information content (AvgIpc) is 3.03. The van der Waals surface area contributed by atoms with Gasteiger partial charge in [0.05, 0.1) is 4.92 Å². The van der Waals surface area contributed by atoms with Gasteiger partial charge in [-0.25, -0.2) is 0 Å². The first kappa shape index (κ1) is 16.9. The minimum atomic E-state index is -0.373. The zero-order chi connectivity index (χ0) is 17.6. The van der Waals surface area contributed by atoms with Crippen LogP contribution >= 0.6 is 0 Å². The molecule has 5 nitrogen and oxygen atoms in total. The monoisotopic (exact) mass is 335 g/mol. The van der Waals surface area contributed by atoms with Crippen molar-refractivity contribution in [2.75, 3.05) is 13.1 Å². The number of H-pyrrole nitrogens is 1. The molecule has 0 saturated carbocycles. The molecule has 1 N–H and O–H groups in total. The molecule has 0 spiro atoms. The van der Waals surface area contributed by atoms with Crippen LogP contribution in [-0.4, -0.2) is 27.9 Å². The number of hydrogen-bond donors (Lipinski definition) is 1. The molecule has 3 rings (SSSR count). The quantitative estimate of drug-likeness (QED) is 0.379. The molecule has 0 aliphatic carbocycles. The number of hydrogen-bond acceptors (Lipinski definition) is 3. The lowest BCUT2D eigenvalue weighted by molar-refractivity contribution is -0.384. The first-order valence-electron chi connectivity index (χ1n) is 8.29. The van der Waals surface area contributed by atoms with Crippen molar-refractivity contribution >= 4 is 16.6 Å². The Balaban J connectivity index is 1.66. The maximum absolute atomic E-state index is 10.8. The summed E-state index contributed by atoms with van der Waals surface area (Å²) in [5.41, 5.74) is 3.64. The van der Waals surface area contributed by atoms with Gasteiger partial charge in [-0.15, -0.1) is 6.58 Å². The largest absolute Gasteiger partial charge is 0.361 e. The lowest BCUT2D eigenvalue weighted by Gasteiger charge is -2.20. The molecule has 5 heteroatoms. The summed E-state index contributed by atoms with van der Waals surface area (Å²) in [5.74, 6) is 0. The minimum absolute atomic E-state index is 0.123. The van der Waals surface area contributed by atoms with E-state index in [1.54, 1.807) is 12.1 Å². The zero-order valence-corrected chi connectivity index (χ0v) is 14.0. The highest BCUT2D eigenvalue weighted by molar-refractivity contribution is 5.83. The van der Waals surface area contributed by atoms with Gasteiger partial charge < -0.3 is 4.98 Å². The number of aromatic nitrogens is 1. The Kier molecular flexibility index (Phi) is 5.26. The molecule has 3 aromatic rings. The Hall–Kier alpha value is -2.92. The van der Waals surface area contributed by atoms with Crippen molar-refractivity contribution in [2.24, 2.45) is 0 Å². The summed E-state index contributed by atoms with van der Waals surface area (Å²) in [6, 6.07) is 15.0. The molecule has 0 fully saturated rings. The molecule has 0 bridgehead atoms. The summed E-state index contributed by atoms with van der Waals surface area (Å²) in [5, 5.41) is 12.0. The maximum Gasteiger partial charge on any atom is 0.269 e. The van der Waals surface area contributed by atoms with E-state index in [9.17, 15) is 10.1 Å². The third-order valence-corrected chi connectivity index (χ3v) is 4.31. The van der Waals surface area contributed by atoms with Crippen LogP contribution in [0.2, 0.25) is 0 Å². The first-order valence-corrected chi connectivity index (χ1v) is 8.29. The molecule has 1 heterocycles. The van der Waals surface area contributed by atoms with Crippen LogP contribution in [0.15, 0.2) is 67.4 Å². The summed E-state index contributed by atoms with van der Waals surface area (Å²) in [4.78, 5) is 16.0. The molecule has 0 unspecified atom stereocenters. The molecule has 0 aliphatic rings. The van der Waals surface area contributed by atoms with Crippen molar-refractivity contribution in [3.8, 4) is 0 Å². The summed E-state index contributed by atoms with van der Waals surface area (Å²) < 4.78 is 0. The lowest BCUT2D eigenvalue weighted by atomic mass is 10.1. The topological polar surface area (TPSA) is 62.2 Å².